The van der Waals surface area contributed by atoms with Crippen LogP contribution in [0.1, 0.15) is 0 Å². The normalized spacial score (nSPS) is 11.5. The SMILES string of the molecule is c1ccc(-c2cc(N(c3ccc(-c4cccc5ccccc45)cc3)c3ccc4ccc5ccccc5c4c3)ccc2-c2ccc3c(ccc4ccccc43)c2)cc1. The Morgan fingerprint density at radius 3 is 1.46 bits per heavy atom. The summed E-state index contributed by atoms with van der Waals surface area (Å²) in [6.45, 7) is 0. The van der Waals surface area contributed by atoms with Crippen molar-refractivity contribution >= 4 is 70.9 Å². The predicted octanol–water partition coefficient (Wildman–Crippen LogP) is 15.9. The van der Waals surface area contributed by atoms with Crippen molar-refractivity contribution in [3.63, 3.8) is 0 Å². The van der Waals surface area contributed by atoms with Gasteiger partial charge in [0.05, 0.1) is 0 Å². The van der Waals surface area contributed by atoms with E-state index >= 15 is 0 Å². The van der Waals surface area contributed by atoms with Gasteiger partial charge in [0.15, 0.2) is 0 Å². The average Bonchev–Trinajstić information content (AvgIpc) is 3.29. The third-order valence-electron chi connectivity index (χ3n) is 11.6. The Hall–Kier alpha value is -7.48. The second kappa shape index (κ2) is 13.7. The van der Waals surface area contributed by atoms with Gasteiger partial charge in [-0.2, -0.15) is 0 Å². The molecule has 11 aromatic rings. The number of hydrogen-bond donors (Lipinski definition) is 0. The summed E-state index contributed by atoms with van der Waals surface area (Å²) in [5.41, 5.74) is 10.5. The molecule has 0 aromatic heterocycles. The van der Waals surface area contributed by atoms with Crippen LogP contribution in [0.25, 0.3) is 87.2 Å². The van der Waals surface area contributed by atoms with Crippen LogP contribution in [0, 0.1) is 0 Å². The van der Waals surface area contributed by atoms with Crippen LogP contribution in [0.5, 0.6) is 0 Å². The first-order chi connectivity index (χ1) is 28.2. The molecule has 11 rings (SSSR count). The lowest BCUT2D eigenvalue weighted by molar-refractivity contribution is 1.29. The van der Waals surface area contributed by atoms with Crippen LogP contribution in [-0.2, 0) is 0 Å². The summed E-state index contributed by atoms with van der Waals surface area (Å²) in [6, 6.07) is 82.2. The maximum atomic E-state index is 2.41. The fourth-order valence-electron chi connectivity index (χ4n) is 8.80. The Bertz CT molecular complexity index is 3280. The van der Waals surface area contributed by atoms with Gasteiger partial charge < -0.3 is 4.90 Å². The van der Waals surface area contributed by atoms with E-state index in [1.165, 1.54) is 87.2 Å². The van der Waals surface area contributed by atoms with Crippen molar-refractivity contribution in [1.29, 1.82) is 0 Å². The molecule has 1 nitrogen and oxygen atoms in total. The second-order valence-corrected chi connectivity index (χ2v) is 14.9. The molecular weight excluding hydrogens is 687 g/mol. The van der Waals surface area contributed by atoms with Crippen molar-refractivity contribution in [1.82, 2.24) is 0 Å². The number of fused-ring (bicyclic) bond motifs is 7. The van der Waals surface area contributed by atoms with Crippen molar-refractivity contribution in [2.45, 2.75) is 0 Å². The Balaban J connectivity index is 1.10. The Labute approximate surface area is 332 Å². The Kier molecular flexibility index (Phi) is 7.89. The first-order valence-corrected chi connectivity index (χ1v) is 19.7. The van der Waals surface area contributed by atoms with E-state index in [0.717, 1.165) is 17.1 Å². The molecule has 11 aromatic carbocycles. The fourth-order valence-corrected chi connectivity index (χ4v) is 8.80. The number of benzene rings is 11. The minimum absolute atomic E-state index is 1.10. The van der Waals surface area contributed by atoms with Gasteiger partial charge in [-0.1, -0.05) is 182 Å². The van der Waals surface area contributed by atoms with E-state index in [4.69, 9.17) is 0 Å². The van der Waals surface area contributed by atoms with E-state index in [1.54, 1.807) is 0 Å². The van der Waals surface area contributed by atoms with Gasteiger partial charge in [-0.3, -0.25) is 0 Å². The zero-order valence-electron chi connectivity index (χ0n) is 31.3. The van der Waals surface area contributed by atoms with Crippen LogP contribution in [0.4, 0.5) is 17.1 Å². The van der Waals surface area contributed by atoms with E-state index in [9.17, 15) is 0 Å². The maximum absolute atomic E-state index is 2.41. The molecule has 0 heterocycles. The molecule has 0 spiro atoms. The largest absolute Gasteiger partial charge is 0.310 e. The summed E-state index contributed by atoms with van der Waals surface area (Å²) in [4.78, 5) is 2.41. The summed E-state index contributed by atoms with van der Waals surface area (Å²) in [5.74, 6) is 0. The summed E-state index contributed by atoms with van der Waals surface area (Å²) in [7, 11) is 0. The minimum atomic E-state index is 1.10. The van der Waals surface area contributed by atoms with E-state index in [2.05, 4.69) is 229 Å². The number of rotatable bonds is 6. The van der Waals surface area contributed by atoms with Crippen LogP contribution in [0.15, 0.2) is 224 Å². The van der Waals surface area contributed by atoms with E-state index in [0.29, 0.717) is 0 Å². The van der Waals surface area contributed by atoms with Gasteiger partial charge in [0.2, 0.25) is 0 Å². The van der Waals surface area contributed by atoms with E-state index in [-0.39, 0.29) is 0 Å². The van der Waals surface area contributed by atoms with Crippen LogP contribution < -0.4 is 4.90 Å². The second-order valence-electron chi connectivity index (χ2n) is 14.9. The highest BCUT2D eigenvalue weighted by Gasteiger charge is 2.18. The first kappa shape index (κ1) is 32.9. The van der Waals surface area contributed by atoms with Crippen molar-refractivity contribution in [3.05, 3.63) is 224 Å². The van der Waals surface area contributed by atoms with Crippen molar-refractivity contribution in [3.8, 4) is 33.4 Å². The summed E-state index contributed by atoms with van der Waals surface area (Å²) in [5, 5.41) is 12.5. The third-order valence-corrected chi connectivity index (χ3v) is 11.6. The lowest BCUT2D eigenvalue weighted by atomic mass is 9.91. The molecule has 266 valence electrons. The molecule has 0 bridgehead atoms. The van der Waals surface area contributed by atoms with Crippen LogP contribution in [0.3, 0.4) is 0 Å². The summed E-state index contributed by atoms with van der Waals surface area (Å²) in [6.07, 6.45) is 0. The standard InChI is InChI=1S/C56H37N/c1-2-11-39(12-3-1)55-37-48(32-34-54(55)45-28-33-53-44(35-45)24-23-40-14-5-8-18-50(40)53)57(47-31-27-43-22-21-41-15-6-9-19-52(41)56(43)36-47)46-29-25-42(26-30-46)51-20-10-16-38-13-4-7-17-49(38)51/h1-37H. The highest BCUT2D eigenvalue weighted by atomic mass is 15.1. The predicted molar refractivity (Wildman–Crippen MR) is 245 cm³/mol. The smallest absolute Gasteiger partial charge is 0.0468 e. The van der Waals surface area contributed by atoms with Gasteiger partial charge in [0.1, 0.15) is 0 Å². The van der Waals surface area contributed by atoms with Crippen molar-refractivity contribution in [2.24, 2.45) is 0 Å². The molecule has 57 heavy (non-hydrogen) atoms. The monoisotopic (exact) mass is 723 g/mol. The fraction of sp³-hybridized carbons (Fsp3) is 0. The summed E-state index contributed by atoms with van der Waals surface area (Å²) >= 11 is 0. The molecule has 0 amide bonds. The lowest BCUT2D eigenvalue weighted by Gasteiger charge is -2.27. The summed E-state index contributed by atoms with van der Waals surface area (Å²) < 4.78 is 0. The van der Waals surface area contributed by atoms with Crippen molar-refractivity contribution < 1.29 is 0 Å². The quantitative estimate of drug-likeness (QED) is 0.154. The van der Waals surface area contributed by atoms with E-state index in [1.807, 2.05) is 0 Å². The Morgan fingerprint density at radius 2 is 0.702 bits per heavy atom. The zero-order valence-corrected chi connectivity index (χ0v) is 31.3. The van der Waals surface area contributed by atoms with E-state index < -0.39 is 0 Å². The highest BCUT2D eigenvalue weighted by molar-refractivity contribution is 6.10. The lowest BCUT2D eigenvalue weighted by Crippen LogP contribution is -2.10. The first-order valence-electron chi connectivity index (χ1n) is 19.7. The number of anilines is 3. The van der Waals surface area contributed by atoms with Gasteiger partial charge >= 0.3 is 0 Å². The maximum Gasteiger partial charge on any atom is 0.0468 e. The van der Waals surface area contributed by atoms with Gasteiger partial charge in [0, 0.05) is 17.1 Å². The molecule has 0 saturated carbocycles. The Morgan fingerprint density at radius 1 is 0.211 bits per heavy atom. The number of hydrogen-bond acceptors (Lipinski definition) is 1. The van der Waals surface area contributed by atoms with Crippen LogP contribution in [-0.4, -0.2) is 0 Å². The molecule has 0 radical (unpaired) electrons. The minimum Gasteiger partial charge on any atom is -0.310 e. The average molecular weight is 724 g/mol. The van der Waals surface area contributed by atoms with Crippen LogP contribution >= 0.6 is 0 Å². The molecule has 0 N–H and O–H groups in total. The number of nitrogens with zero attached hydrogens (tertiary/aromatic N) is 1. The highest BCUT2D eigenvalue weighted by Crippen LogP contribution is 2.43. The van der Waals surface area contributed by atoms with Crippen LogP contribution in [0.2, 0.25) is 0 Å². The van der Waals surface area contributed by atoms with Crippen molar-refractivity contribution in [2.75, 3.05) is 4.90 Å². The molecule has 0 saturated heterocycles. The molecule has 0 aliphatic carbocycles. The third kappa shape index (κ3) is 5.80. The molecule has 0 aliphatic rings. The van der Waals surface area contributed by atoms with Gasteiger partial charge in [-0.15, -0.1) is 0 Å². The topological polar surface area (TPSA) is 3.24 Å². The molecule has 0 fully saturated rings. The van der Waals surface area contributed by atoms with Gasteiger partial charge in [-0.05, 0) is 130 Å². The van der Waals surface area contributed by atoms with Gasteiger partial charge in [-0.25, -0.2) is 0 Å². The molecule has 0 aliphatic heterocycles. The molecular formula is C56H37N. The van der Waals surface area contributed by atoms with Gasteiger partial charge in [0.25, 0.3) is 0 Å². The molecule has 1 heteroatoms. The molecule has 0 unspecified atom stereocenters. The zero-order chi connectivity index (χ0) is 37.7. The molecule has 0 atom stereocenters.